The van der Waals surface area contributed by atoms with Crippen molar-refractivity contribution in [3.63, 3.8) is 0 Å². The van der Waals surface area contributed by atoms with Gasteiger partial charge in [-0.15, -0.1) is 0 Å². The van der Waals surface area contributed by atoms with Crippen LogP contribution in [0.15, 0.2) is 78.4 Å². The second kappa shape index (κ2) is 8.59. The van der Waals surface area contributed by atoms with E-state index in [9.17, 15) is 26.8 Å². The Morgan fingerprint density at radius 2 is 1.42 bits per heavy atom. The summed E-state index contributed by atoms with van der Waals surface area (Å²) in [7, 11) is -4.13. The van der Waals surface area contributed by atoms with Crippen molar-refractivity contribution >= 4 is 32.4 Å². The predicted molar refractivity (Wildman–Crippen MR) is 119 cm³/mol. The third-order valence-electron chi connectivity index (χ3n) is 5.19. The van der Waals surface area contributed by atoms with Gasteiger partial charge >= 0.3 is 0 Å². The highest BCUT2D eigenvalue weighted by atomic mass is 32.2. The van der Waals surface area contributed by atoms with Crippen LogP contribution in [0.25, 0.3) is 4.91 Å². The average Bonchev–Trinajstić information content (AvgIpc) is 2.96. The summed E-state index contributed by atoms with van der Waals surface area (Å²) >= 11 is 0. The van der Waals surface area contributed by atoms with E-state index < -0.39 is 33.5 Å². The van der Waals surface area contributed by atoms with Crippen LogP contribution in [0.2, 0.25) is 0 Å². The van der Waals surface area contributed by atoms with Crippen LogP contribution in [-0.4, -0.2) is 24.5 Å². The zero-order valence-corrected chi connectivity index (χ0v) is 18.2. The minimum atomic E-state index is -4.13. The molecule has 0 aromatic heterocycles. The second-order valence-electron chi connectivity index (χ2n) is 7.44. The minimum absolute atomic E-state index is 0.0527. The molecule has 0 aliphatic carbocycles. The van der Waals surface area contributed by atoms with Crippen molar-refractivity contribution in [2.24, 2.45) is 0 Å². The summed E-state index contributed by atoms with van der Waals surface area (Å²) in [6.45, 7) is 1.20. The third kappa shape index (κ3) is 4.40. The Bertz CT molecular complexity index is 1370. The van der Waals surface area contributed by atoms with Crippen LogP contribution >= 0.6 is 0 Å². The monoisotopic (exact) mass is 468 g/mol. The summed E-state index contributed by atoms with van der Waals surface area (Å²) in [5, 5.41) is 2.63. The fraction of sp³-hybridized carbons (Fsp3) is 0.0833. The second-order valence-corrected chi connectivity index (χ2v) is 9.23. The van der Waals surface area contributed by atoms with Gasteiger partial charge in [0.1, 0.15) is 16.5 Å². The fourth-order valence-corrected chi connectivity index (χ4v) is 5.29. The van der Waals surface area contributed by atoms with E-state index in [-0.39, 0.29) is 22.6 Å². The molecule has 0 radical (unpaired) electrons. The molecule has 0 fully saturated rings. The maximum atomic E-state index is 13.2. The average molecular weight is 468 g/mol. The number of hydrogen-bond acceptors (Lipinski definition) is 4. The molecule has 1 heterocycles. The highest BCUT2D eigenvalue weighted by molar-refractivity contribution is 7.99. The highest BCUT2D eigenvalue weighted by Gasteiger charge is 2.42. The number of amides is 2. The molecule has 0 saturated carbocycles. The standard InChI is InChI=1S/C24H18F2N2O4S/c1-15-22(17-6-8-19(25)9-7-17)33(31,32)28(24(15)30)14-16-2-4-18(5-3-16)23(29)27-21-12-10-20(26)11-13-21/h2-13H,14H2,1H3,(H,27,29). The number of carbonyl (C=O) groups excluding carboxylic acids is 2. The lowest BCUT2D eigenvalue weighted by Crippen LogP contribution is -2.30. The smallest absolute Gasteiger partial charge is 0.268 e. The fourth-order valence-electron chi connectivity index (χ4n) is 3.48. The maximum absolute atomic E-state index is 13.2. The molecule has 0 bridgehead atoms. The van der Waals surface area contributed by atoms with E-state index >= 15 is 0 Å². The van der Waals surface area contributed by atoms with E-state index in [0.29, 0.717) is 16.8 Å². The molecule has 1 N–H and O–H groups in total. The Labute approximate surface area is 189 Å². The largest absolute Gasteiger partial charge is 0.322 e. The van der Waals surface area contributed by atoms with Gasteiger partial charge in [-0.2, -0.15) is 0 Å². The lowest BCUT2D eigenvalue weighted by molar-refractivity contribution is -0.122. The van der Waals surface area contributed by atoms with Gasteiger partial charge in [-0.1, -0.05) is 24.3 Å². The maximum Gasteiger partial charge on any atom is 0.268 e. The Morgan fingerprint density at radius 3 is 2.00 bits per heavy atom. The van der Waals surface area contributed by atoms with Crippen molar-refractivity contribution < 1.29 is 26.8 Å². The van der Waals surface area contributed by atoms with Crippen LogP contribution < -0.4 is 5.32 Å². The normalized spacial score (nSPS) is 15.1. The number of anilines is 1. The first-order chi connectivity index (χ1) is 15.7. The van der Waals surface area contributed by atoms with Gasteiger partial charge in [0.25, 0.3) is 21.8 Å². The third-order valence-corrected chi connectivity index (χ3v) is 7.12. The van der Waals surface area contributed by atoms with Crippen LogP contribution in [0.3, 0.4) is 0 Å². The van der Waals surface area contributed by atoms with Crippen molar-refractivity contribution in [3.8, 4) is 0 Å². The van der Waals surface area contributed by atoms with E-state index in [4.69, 9.17) is 0 Å². The zero-order chi connectivity index (χ0) is 23.8. The quantitative estimate of drug-likeness (QED) is 0.605. The van der Waals surface area contributed by atoms with Crippen molar-refractivity contribution in [1.29, 1.82) is 0 Å². The molecule has 3 aromatic carbocycles. The Balaban J connectivity index is 1.51. The summed E-state index contributed by atoms with van der Waals surface area (Å²) in [5.41, 5.74) is 1.52. The topological polar surface area (TPSA) is 83.6 Å². The van der Waals surface area contributed by atoms with Crippen LogP contribution in [0.5, 0.6) is 0 Å². The van der Waals surface area contributed by atoms with Gasteiger partial charge in [0, 0.05) is 16.8 Å². The molecule has 3 aromatic rings. The number of nitrogens with zero attached hydrogens (tertiary/aromatic N) is 1. The molecule has 1 aliphatic rings. The number of rotatable bonds is 5. The van der Waals surface area contributed by atoms with Crippen molar-refractivity contribution in [2.75, 3.05) is 5.32 Å². The molecule has 0 spiro atoms. The predicted octanol–water partition coefficient (Wildman–Crippen LogP) is 4.32. The minimum Gasteiger partial charge on any atom is -0.322 e. The number of sulfonamides is 1. The van der Waals surface area contributed by atoms with E-state index in [1.165, 1.54) is 55.5 Å². The van der Waals surface area contributed by atoms with Gasteiger partial charge < -0.3 is 5.32 Å². The van der Waals surface area contributed by atoms with Crippen LogP contribution in [-0.2, 0) is 21.4 Å². The van der Waals surface area contributed by atoms with Gasteiger partial charge in [0.15, 0.2) is 0 Å². The number of carbonyl (C=O) groups is 2. The van der Waals surface area contributed by atoms with Crippen molar-refractivity contribution in [1.82, 2.24) is 4.31 Å². The zero-order valence-electron chi connectivity index (χ0n) is 17.4. The van der Waals surface area contributed by atoms with E-state index in [2.05, 4.69) is 5.32 Å². The first kappa shape index (κ1) is 22.3. The van der Waals surface area contributed by atoms with Crippen LogP contribution in [0.1, 0.15) is 28.4 Å². The summed E-state index contributed by atoms with van der Waals surface area (Å²) in [5.74, 6) is -2.02. The Hall–Kier alpha value is -3.85. The number of benzene rings is 3. The lowest BCUT2D eigenvalue weighted by Gasteiger charge is -2.17. The summed E-state index contributed by atoms with van der Waals surface area (Å²) in [4.78, 5) is 24.9. The van der Waals surface area contributed by atoms with Crippen LogP contribution in [0, 0.1) is 11.6 Å². The van der Waals surface area contributed by atoms with Gasteiger partial charge in [-0.3, -0.25) is 9.59 Å². The molecular weight excluding hydrogens is 450 g/mol. The van der Waals surface area contributed by atoms with Crippen molar-refractivity contribution in [2.45, 2.75) is 13.5 Å². The van der Waals surface area contributed by atoms with Gasteiger partial charge in [-0.05, 0) is 66.6 Å². The van der Waals surface area contributed by atoms with E-state index in [1.807, 2.05) is 0 Å². The van der Waals surface area contributed by atoms with E-state index in [0.717, 1.165) is 16.4 Å². The molecular formula is C24H18F2N2O4S. The number of hydrogen-bond donors (Lipinski definition) is 1. The molecule has 168 valence electrons. The SMILES string of the molecule is CC1=C(c2ccc(F)cc2)S(=O)(=O)N(Cc2ccc(C(=O)Nc3ccc(F)cc3)cc2)C1=O. The van der Waals surface area contributed by atoms with Crippen molar-refractivity contribution in [3.05, 3.63) is 107 Å². The Morgan fingerprint density at radius 1 is 0.879 bits per heavy atom. The van der Waals surface area contributed by atoms with E-state index in [1.54, 1.807) is 12.1 Å². The molecule has 4 rings (SSSR count). The van der Waals surface area contributed by atoms with Gasteiger partial charge in [-0.25, -0.2) is 21.5 Å². The summed E-state index contributed by atoms with van der Waals surface area (Å²) in [6, 6.07) is 16.3. The first-order valence-electron chi connectivity index (χ1n) is 9.86. The van der Waals surface area contributed by atoms with Crippen LogP contribution in [0.4, 0.5) is 14.5 Å². The molecule has 33 heavy (non-hydrogen) atoms. The number of nitrogens with one attached hydrogen (secondary N) is 1. The molecule has 0 atom stereocenters. The molecule has 2 amide bonds. The Kier molecular flexibility index (Phi) is 5.82. The van der Waals surface area contributed by atoms with Gasteiger partial charge in [0.05, 0.1) is 6.54 Å². The van der Waals surface area contributed by atoms with Gasteiger partial charge in [0.2, 0.25) is 0 Å². The first-order valence-corrected chi connectivity index (χ1v) is 11.3. The lowest BCUT2D eigenvalue weighted by atomic mass is 10.1. The summed E-state index contributed by atoms with van der Waals surface area (Å²) in [6.07, 6.45) is 0. The molecule has 1 aliphatic heterocycles. The number of halogens is 2. The highest BCUT2D eigenvalue weighted by Crippen LogP contribution is 2.36. The molecule has 0 saturated heterocycles. The summed E-state index contributed by atoms with van der Waals surface area (Å²) < 4.78 is 53.1. The molecule has 0 unspecified atom stereocenters. The molecule has 6 nitrogen and oxygen atoms in total. The molecule has 9 heteroatoms.